The first-order valence-electron chi connectivity index (χ1n) is 8.12. The van der Waals surface area contributed by atoms with Gasteiger partial charge in [0.1, 0.15) is 6.61 Å². The minimum Gasteiger partial charge on any atom is -0.353 e. The topological polar surface area (TPSA) is 18.5 Å². The molecular formula is C17H30O2. The number of rotatable bonds is 9. The maximum atomic E-state index is 5.56. The lowest BCUT2D eigenvalue weighted by molar-refractivity contribution is -0.154. The van der Waals surface area contributed by atoms with E-state index in [-0.39, 0.29) is 6.29 Å². The Morgan fingerprint density at radius 1 is 1.00 bits per heavy atom. The molecule has 110 valence electrons. The molecular weight excluding hydrogens is 236 g/mol. The van der Waals surface area contributed by atoms with Crippen LogP contribution < -0.4 is 0 Å². The molecule has 0 N–H and O–H groups in total. The molecule has 19 heavy (non-hydrogen) atoms. The van der Waals surface area contributed by atoms with E-state index >= 15 is 0 Å². The van der Waals surface area contributed by atoms with Crippen molar-refractivity contribution in [2.45, 2.75) is 83.8 Å². The van der Waals surface area contributed by atoms with Crippen molar-refractivity contribution in [3.8, 4) is 11.8 Å². The van der Waals surface area contributed by atoms with Gasteiger partial charge in [-0.1, -0.05) is 51.4 Å². The van der Waals surface area contributed by atoms with Crippen molar-refractivity contribution in [1.29, 1.82) is 0 Å². The maximum Gasteiger partial charge on any atom is 0.158 e. The molecule has 0 aromatic heterocycles. The number of ether oxygens (including phenoxy) is 2. The van der Waals surface area contributed by atoms with Crippen molar-refractivity contribution in [1.82, 2.24) is 0 Å². The van der Waals surface area contributed by atoms with Crippen LogP contribution in [0.5, 0.6) is 0 Å². The van der Waals surface area contributed by atoms with E-state index in [4.69, 9.17) is 9.47 Å². The zero-order valence-corrected chi connectivity index (χ0v) is 12.6. The van der Waals surface area contributed by atoms with Crippen LogP contribution in [0.1, 0.15) is 77.6 Å². The monoisotopic (exact) mass is 266 g/mol. The molecule has 1 aliphatic rings. The summed E-state index contributed by atoms with van der Waals surface area (Å²) in [6, 6.07) is 0. The van der Waals surface area contributed by atoms with Crippen molar-refractivity contribution in [3.63, 3.8) is 0 Å². The normalized spacial score (nSPS) is 18.9. The lowest BCUT2D eigenvalue weighted by atomic mass is 10.1. The minimum absolute atomic E-state index is 0.00150. The zero-order chi connectivity index (χ0) is 13.6. The molecule has 1 fully saturated rings. The molecule has 0 bridgehead atoms. The molecule has 1 heterocycles. The van der Waals surface area contributed by atoms with Gasteiger partial charge < -0.3 is 9.47 Å². The SMILES string of the molecule is CCCCCCCCCC#CCOC1CCCCO1. The third-order valence-corrected chi connectivity index (χ3v) is 3.51. The van der Waals surface area contributed by atoms with E-state index in [0.717, 1.165) is 19.4 Å². The molecule has 0 aromatic rings. The second-order valence-corrected chi connectivity index (χ2v) is 5.33. The van der Waals surface area contributed by atoms with Crippen LogP contribution in [-0.2, 0) is 9.47 Å². The standard InChI is InChI=1S/C17H30O2/c1-2-3-4-5-6-7-8-9-10-12-15-18-17-14-11-13-16-19-17/h17H,2-9,11,13-16H2,1H3. The second-order valence-electron chi connectivity index (χ2n) is 5.33. The van der Waals surface area contributed by atoms with Gasteiger partial charge in [-0.25, -0.2) is 0 Å². The van der Waals surface area contributed by atoms with Crippen LogP contribution in [0, 0.1) is 11.8 Å². The number of hydrogen-bond donors (Lipinski definition) is 0. The molecule has 0 aromatic carbocycles. The van der Waals surface area contributed by atoms with Crippen molar-refractivity contribution in [2.75, 3.05) is 13.2 Å². The third kappa shape index (κ3) is 9.99. The largest absolute Gasteiger partial charge is 0.353 e. The molecule has 0 amide bonds. The van der Waals surface area contributed by atoms with Gasteiger partial charge in [-0.15, -0.1) is 5.92 Å². The van der Waals surface area contributed by atoms with Crippen LogP contribution in [-0.4, -0.2) is 19.5 Å². The molecule has 2 heteroatoms. The van der Waals surface area contributed by atoms with Crippen LogP contribution in [0.2, 0.25) is 0 Å². The highest BCUT2D eigenvalue weighted by atomic mass is 16.7. The fourth-order valence-electron chi connectivity index (χ4n) is 2.29. The van der Waals surface area contributed by atoms with Gasteiger partial charge in [0.15, 0.2) is 6.29 Å². The van der Waals surface area contributed by atoms with E-state index in [9.17, 15) is 0 Å². The van der Waals surface area contributed by atoms with Crippen molar-refractivity contribution in [3.05, 3.63) is 0 Å². The van der Waals surface area contributed by atoms with E-state index in [1.165, 1.54) is 57.8 Å². The average molecular weight is 266 g/mol. The maximum absolute atomic E-state index is 5.56. The smallest absolute Gasteiger partial charge is 0.158 e. The second kappa shape index (κ2) is 12.5. The molecule has 1 rings (SSSR count). The predicted molar refractivity (Wildman–Crippen MR) is 79.9 cm³/mol. The van der Waals surface area contributed by atoms with Crippen molar-refractivity contribution < 1.29 is 9.47 Å². The lowest BCUT2D eigenvalue weighted by Gasteiger charge is -2.21. The van der Waals surface area contributed by atoms with E-state index in [1.54, 1.807) is 0 Å². The number of hydrogen-bond acceptors (Lipinski definition) is 2. The van der Waals surface area contributed by atoms with E-state index in [0.29, 0.717) is 6.61 Å². The first kappa shape index (κ1) is 16.5. The van der Waals surface area contributed by atoms with E-state index in [1.807, 2.05) is 0 Å². The molecule has 2 nitrogen and oxygen atoms in total. The quantitative estimate of drug-likeness (QED) is 0.446. The molecule has 0 aliphatic carbocycles. The van der Waals surface area contributed by atoms with Crippen molar-refractivity contribution >= 4 is 0 Å². The van der Waals surface area contributed by atoms with Crippen LogP contribution in [0.3, 0.4) is 0 Å². The number of unbranched alkanes of at least 4 members (excludes halogenated alkanes) is 7. The minimum atomic E-state index is 0.00150. The Labute approximate surface area is 119 Å². The molecule has 0 saturated carbocycles. The summed E-state index contributed by atoms with van der Waals surface area (Å²) in [4.78, 5) is 0. The molecule has 1 atom stereocenters. The van der Waals surface area contributed by atoms with Gasteiger partial charge in [-0.2, -0.15) is 0 Å². The predicted octanol–water partition coefficient (Wildman–Crippen LogP) is 4.67. The molecule has 1 saturated heterocycles. The fraction of sp³-hybridized carbons (Fsp3) is 0.882. The highest BCUT2D eigenvalue weighted by Crippen LogP contribution is 2.13. The van der Waals surface area contributed by atoms with Crippen molar-refractivity contribution in [2.24, 2.45) is 0 Å². The van der Waals surface area contributed by atoms with E-state index in [2.05, 4.69) is 18.8 Å². The summed E-state index contributed by atoms with van der Waals surface area (Å²) in [5, 5.41) is 0. The lowest BCUT2D eigenvalue weighted by Crippen LogP contribution is -2.22. The fourth-order valence-corrected chi connectivity index (χ4v) is 2.29. The van der Waals surface area contributed by atoms with Gasteiger partial charge in [0, 0.05) is 13.0 Å². The summed E-state index contributed by atoms with van der Waals surface area (Å²) in [6.45, 7) is 3.63. The van der Waals surface area contributed by atoms with Gasteiger partial charge in [-0.3, -0.25) is 0 Å². The first-order chi connectivity index (χ1) is 9.43. The van der Waals surface area contributed by atoms with Gasteiger partial charge in [0.2, 0.25) is 0 Å². The Kier molecular flexibility index (Phi) is 10.9. The summed E-state index contributed by atoms with van der Waals surface area (Å²) in [7, 11) is 0. The highest BCUT2D eigenvalue weighted by Gasteiger charge is 2.12. The summed E-state index contributed by atoms with van der Waals surface area (Å²) in [5.41, 5.74) is 0. The Morgan fingerprint density at radius 3 is 2.53 bits per heavy atom. The summed E-state index contributed by atoms with van der Waals surface area (Å²) in [5.74, 6) is 6.29. The summed E-state index contributed by atoms with van der Waals surface area (Å²) >= 11 is 0. The molecule has 0 radical (unpaired) electrons. The average Bonchev–Trinajstić information content (AvgIpc) is 2.46. The Balaban J connectivity index is 1.82. The van der Waals surface area contributed by atoms with Crippen LogP contribution >= 0.6 is 0 Å². The van der Waals surface area contributed by atoms with Gasteiger partial charge in [0.05, 0.1) is 0 Å². The van der Waals surface area contributed by atoms with Gasteiger partial charge >= 0.3 is 0 Å². The molecule has 1 aliphatic heterocycles. The molecule has 0 spiro atoms. The Morgan fingerprint density at radius 2 is 1.79 bits per heavy atom. The van der Waals surface area contributed by atoms with Crippen LogP contribution in [0.15, 0.2) is 0 Å². The highest BCUT2D eigenvalue weighted by molar-refractivity contribution is 4.98. The third-order valence-electron chi connectivity index (χ3n) is 3.51. The van der Waals surface area contributed by atoms with Gasteiger partial charge in [-0.05, 0) is 25.7 Å². The molecule has 1 unspecified atom stereocenters. The van der Waals surface area contributed by atoms with Crippen LogP contribution in [0.25, 0.3) is 0 Å². The zero-order valence-electron chi connectivity index (χ0n) is 12.6. The Bertz CT molecular complexity index is 246. The Hall–Kier alpha value is -0.520. The summed E-state index contributed by atoms with van der Waals surface area (Å²) < 4.78 is 11.0. The van der Waals surface area contributed by atoms with Crippen LogP contribution in [0.4, 0.5) is 0 Å². The first-order valence-corrected chi connectivity index (χ1v) is 8.12. The summed E-state index contributed by atoms with van der Waals surface area (Å²) in [6.07, 6.45) is 13.9. The van der Waals surface area contributed by atoms with Gasteiger partial charge in [0.25, 0.3) is 0 Å². The van der Waals surface area contributed by atoms with E-state index < -0.39 is 0 Å².